The molecule has 3 aliphatic rings. The van der Waals surface area contributed by atoms with Gasteiger partial charge < -0.3 is 15.0 Å². The third-order valence-electron chi connectivity index (χ3n) is 7.63. The molecule has 1 N–H and O–H groups in total. The molecule has 3 rings (SSSR count). The molecule has 3 fully saturated rings. The molecule has 2 amide bonds. The van der Waals surface area contributed by atoms with Gasteiger partial charge >= 0.3 is 6.09 Å². The number of hydrogen-bond donors (Lipinski definition) is 1. The molecule has 1 aliphatic heterocycles. The molecule has 5 heteroatoms. The fourth-order valence-electron chi connectivity index (χ4n) is 5.92. The van der Waals surface area contributed by atoms with Gasteiger partial charge in [0.2, 0.25) is 5.91 Å². The summed E-state index contributed by atoms with van der Waals surface area (Å²) in [5, 5.41) is 3.25. The number of likely N-dealkylation sites (tertiary alicyclic amines) is 1. The highest BCUT2D eigenvalue weighted by molar-refractivity contribution is 5.79. The number of nitrogens with one attached hydrogen (secondary N) is 1. The quantitative estimate of drug-likeness (QED) is 0.587. The van der Waals surface area contributed by atoms with Gasteiger partial charge in [-0.25, -0.2) is 4.79 Å². The van der Waals surface area contributed by atoms with Gasteiger partial charge in [0.05, 0.1) is 0 Å². The molecule has 0 radical (unpaired) electrons. The van der Waals surface area contributed by atoms with Gasteiger partial charge in [0.15, 0.2) is 0 Å². The number of carbonyl (C=O) groups excluding carboxylic acids is 2. The standard InChI is InChI=1S/C26H46N2O3/c1-26(2,3)31-25(30)28-18-17-23(19-28)27-24(29)22-15-9-13-21(14-10-16-22)20-11-7-5-4-6-8-12-20/h20-23H,4-19H2,1-3H3,(H,27,29). The second-order valence-electron chi connectivity index (χ2n) is 11.3. The first-order valence-corrected chi connectivity index (χ1v) is 13.1. The zero-order chi connectivity index (χ0) is 22.3. The Hall–Kier alpha value is -1.26. The fourth-order valence-corrected chi connectivity index (χ4v) is 5.92. The van der Waals surface area contributed by atoms with Gasteiger partial charge in [0.1, 0.15) is 5.60 Å². The molecule has 5 nitrogen and oxygen atoms in total. The monoisotopic (exact) mass is 434 g/mol. The van der Waals surface area contributed by atoms with Gasteiger partial charge in [0, 0.05) is 25.0 Å². The molecule has 0 aromatic rings. The Kier molecular flexibility index (Phi) is 9.09. The number of nitrogens with zero attached hydrogens (tertiary/aromatic N) is 1. The molecule has 0 aromatic heterocycles. The molecule has 2 saturated carbocycles. The van der Waals surface area contributed by atoms with Crippen LogP contribution in [0.3, 0.4) is 0 Å². The Morgan fingerprint density at radius 2 is 1.32 bits per heavy atom. The van der Waals surface area contributed by atoms with Crippen molar-refractivity contribution < 1.29 is 14.3 Å². The lowest BCUT2D eigenvalue weighted by Gasteiger charge is -2.32. The normalized spacial score (nSPS) is 29.4. The Morgan fingerprint density at radius 1 is 0.774 bits per heavy atom. The number of hydrogen-bond acceptors (Lipinski definition) is 3. The number of ether oxygens (including phenoxy) is 1. The third kappa shape index (κ3) is 7.98. The van der Waals surface area contributed by atoms with E-state index in [9.17, 15) is 9.59 Å². The van der Waals surface area contributed by atoms with E-state index in [4.69, 9.17) is 4.74 Å². The van der Waals surface area contributed by atoms with Gasteiger partial charge in [-0.3, -0.25) is 4.79 Å². The van der Waals surface area contributed by atoms with E-state index in [-0.39, 0.29) is 24.0 Å². The highest BCUT2D eigenvalue weighted by Crippen LogP contribution is 2.37. The van der Waals surface area contributed by atoms with E-state index in [2.05, 4.69) is 5.32 Å². The summed E-state index contributed by atoms with van der Waals surface area (Å²) < 4.78 is 5.47. The highest BCUT2D eigenvalue weighted by atomic mass is 16.6. The van der Waals surface area contributed by atoms with E-state index < -0.39 is 5.60 Å². The smallest absolute Gasteiger partial charge is 0.410 e. The molecule has 0 spiro atoms. The van der Waals surface area contributed by atoms with Crippen molar-refractivity contribution in [3.8, 4) is 0 Å². The molecule has 0 aromatic carbocycles. The second kappa shape index (κ2) is 11.6. The molecule has 1 atom stereocenters. The van der Waals surface area contributed by atoms with Gasteiger partial charge in [-0.1, -0.05) is 70.6 Å². The second-order valence-corrected chi connectivity index (χ2v) is 11.3. The lowest BCUT2D eigenvalue weighted by molar-refractivity contribution is -0.126. The van der Waals surface area contributed by atoms with Crippen LogP contribution in [0.15, 0.2) is 0 Å². The van der Waals surface area contributed by atoms with E-state index >= 15 is 0 Å². The molecule has 0 bridgehead atoms. The summed E-state index contributed by atoms with van der Waals surface area (Å²) in [6.45, 7) is 6.88. The van der Waals surface area contributed by atoms with Crippen LogP contribution >= 0.6 is 0 Å². The van der Waals surface area contributed by atoms with Crippen LogP contribution in [0.4, 0.5) is 4.79 Å². The van der Waals surface area contributed by atoms with E-state index in [1.165, 1.54) is 70.6 Å². The van der Waals surface area contributed by atoms with Crippen LogP contribution < -0.4 is 5.32 Å². The summed E-state index contributed by atoms with van der Waals surface area (Å²) in [6.07, 6.45) is 17.6. The van der Waals surface area contributed by atoms with E-state index in [0.29, 0.717) is 13.1 Å². The SMILES string of the molecule is CC(C)(C)OC(=O)N1CCC(NC(=O)C2CCCC(C3CCCCCCC3)CCC2)C1. The van der Waals surface area contributed by atoms with Crippen molar-refractivity contribution in [3.05, 3.63) is 0 Å². The Balaban J connectivity index is 1.40. The summed E-state index contributed by atoms with van der Waals surface area (Å²) in [6, 6.07) is 0.0631. The first-order valence-electron chi connectivity index (χ1n) is 13.1. The van der Waals surface area contributed by atoms with Crippen molar-refractivity contribution in [2.75, 3.05) is 13.1 Å². The largest absolute Gasteiger partial charge is 0.444 e. The van der Waals surface area contributed by atoms with Gasteiger partial charge in [0.25, 0.3) is 0 Å². The Bertz CT molecular complexity index is 568. The van der Waals surface area contributed by atoms with Crippen molar-refractivity contribution in [1.82, 2.24) is 10.2 Å². The minimum atomic E-state index is -0.481. The molecule has 1 saturated heterocycles. The molecule has 178 valence electrons. The first-order chi connectivity index (χ1) is 14.8. The lowest BCUT2D eigenvalue weighted by Crippen LogP contribution is -2.42. The van der Waals surface area contributed by atoms with E-state index in [0.717, 1.165) is 31.1 Å². The van der Waals surface area contributed by atoms with Crippen LogP contribution in [0.2, 0.25) is 0 Å². The first kappa shape index (κ1) is 24.4. The maximum Gasteiger partial charge on any atom is 0.410 e. The predicted molar refractivity (Wildman–Crippen MR) is 125 cm³/mol. The summed E-state index contributed by atoms with van der Waals surface area (Å²) in [5.41, 5.74) is -0.481. The van der Waals surface area contributed by atoms with E-state index in [1.54, 1.807) is 4.90 Å². The van der Waals surface area contributed by atoms with Gasteiger partial charge in [-0.2, -0.15) is 0 Å². The van der Waals surface area contributed by atoms with Crippen molar-refractivity contribution >= 4 is 12.0 Å². The molecule has 1 unspecified atom stereocenters. The van der Waals surface area contributed by atoms with Crippen LogP contribution in [0.1, 0.15) is 111 Å². The molecule has 31 heavy (non-hydrogen) atoms. The van der Waals surface area contributed by atoms with Crippen LogP contribution in [0.25, 0.3) is 0 Å². The summed E-state index contributed by atoms with van der Waals surface area (Å²) in [7, 11) is 0. The van der Waals surface area contributed by atoms with Crippen molar-refractivity contribution in [2.45, 2.75) is 122 Å². The van der Waals surface area contributed by atoms with Gasteiger partial charge in [-0.15, -0.1) is 0 Å². The molecular formula is C26H46N2O3. The predicted octanol–water partition coefficient (Wildman–Crippen LogP) is 6.06. The number of rotatable bonds is 3. The van der Waals surface area contributed by atoms with Crippen LogP contribution in [0.5, 0.6) is 0 Å². The van der Waals surface area contributed by atoms with Crippen LogP contribution in [0, 0.1) is 17.8 Å². The molecule has 2 aliphatic carbocycles. The highest BCUT2D eigenvalue weighted by Gasteiger charge is 2.32. The minimum Gasteiger partial charge on any atom is -0.444 e. The zero-order valence-electron chi connectivity index (χ0n) is 20.3. The molecule has 1 heterocycles. The Morgan fingerprint density at radius 3 is 1.90 bits per heavy atom. The summed E-state index contributed by atoms with van der Waals surface area (Å²) in [4.78, 5) is 26.9. The third-order valence-corrected chi connectivity index (χ3v) is 7.63. The van der Waals surface area contributed by atoms with Gasteiger partial charge in [-0.05, 0) is 51.9 Å². The number of amides is 2. The average Bonchev–Trinajstić information content (AvgIpc) is 3.09. The minimum absolute atomic E-state index is 0.0631. The summed E-state index contributed by atoms with van der Waals surface area (Å²) >= 11 is 0. The Labute approximate surface area is 190 Å². The van der Waals surface area contributed by atoms with Crippen LogP contribution in [-0.2, 0) is 9.53 Å². The zero-order valence-corrected chi connectivity index (χ0v) is 20.3. The maximum atomic E-state index is 12.9. The molecular weight excluding hydrogens is 388 g/mol. The maximum absolute atomic E-state index is 12.9. The van der Waals surface area contributed by atoms with Crippen molar-refractivity contribution in [1.29, 1.82) is 0 Å². The topological polar surface area (TPSA) is 58.6 Å². The average molecular weight is 435 g/mol. The van der Waals surface area contributed by atoms with Crippen molar-refractivity contribution in [3.63, 3.8) is 0 Å². The summed E-state index contributed by atoms with van der Waals surface area (Å²) in [5.74, 6) is 2.18. The number of carbonyl (C=O) groups is 2. The van der Waals surface area contributed by atoms with E-state index in [1.807, 2.05) is 20.8 Å². The fraction of sp³-hybridized carbons (Fsp3) is 0.923. The lowest BCUT2D eigenvalue weighted by atomic mass is 9.74. The van der Waals surface area contributed by atoms with Crippen LogP contribution in [-0.4, -0.2) is 41.6 Å². The van der Waals surface area contributed by atoms with Crippen molar-refractivity contribution in [2.24, 2.45) is 17.8 Å².